The van der Waals surface area contributed by atoms with E-state index in [1.165, 1.54) is 0 Å². The number of halogens is 3. The van der Waals surface area contributed by atoms with Crippen LogP contribution in [0.1, 0.15) is 19.8 Å². The summed E-state index contributed by atoms with van der Waals surface area (Å²) in [6, 6.07) is 0.898. The number of carboxylic acids is 1. The molecule has 1 aliphatic rings. The molecule has 2 rings (SSSR count). The number of hydrogen-bond acceptors (Lipinski definition) is 2. The predicted molar refractivity (Wildman–Crippen MR) is 68.0 cm³/mol. The Balaban J connectivity index is 2.20. The predicted octanol–water partition coefficient (Wildman–Crippen LogP) is 2.79. The lowest BCUT2D eigenvalue weighted by atomic mass is 9.95. The van der Waals surface area contributed by atoms with Crippen molar-refractivity contribution in [3.05, 3.63) is 29.6 Å². The number of carbonyl (C=O) groups excluding carboxylic acids is 1. The van der Waals surface area contributed by atoms with Crippen molar-refractivity contribution in [2.24, 2.45) is 17.8 Å². The van der Waals surface area contributed by atoms with Gasteiger partial charge in [-0.3, -0.25) is 9.59 Å². The largest absolute Gasteiger partial charge is 0.481 e. The first-order chi connectivity index (χ1) is 9.79. The summed E-state index contributed by atoms with van der Waals surface area (Å²) >= 11 is 0. The highest BCUT2D eigenvalue weighted by molar-refractivity contribution is 5.95. The molecule has 114 valence electrons. The van der Waals surface area contributed by atoms with E-state index in [0.717, 1.165) is 0 Å². The second kappa shape index (κ2) is 5.75. The molecule has 0 saturated heterocycles. The number of amides is 1. The molecule has 0 aliphatic heterocycles. The van der Waals surface area contributed by atoms with Crippen molar-refractivity contribution < 1.29 is 27.9 Å². The molecule has 4 nitrogen and oxygen atoms in total. The molecule has 1 amide bonds. The van der Waals surface area contributed by atoms with Gasteiger partial charge >= 0.3 is 5.97 Å². The minimum atomic E-state index is -1.24. The second-order valence-corrected chi connectivity index (χ2v) is 5.36. The number of nitrogens with one attached hydrogen (secondary N) is 1. The highest BCUT2D eigenvalue weighted by Gasteiger charge is 2.41. The van der Waals surface area contributed by atoms with Gasteiger partial charge in [-0.15, -0.1) is 0 Å². The van der Waals surface area contributed by atoms with E-state index < -0.39 is 46.9 Å². The lowest BCUT2D eigenvalue weighted by Gasteiger charge is -2.16. The normalized spacial score (nSPS) is 24.9. The summed E-state index contributed by atoms with van der Waals surface area (Å²) in [6.45, 7) is 1.81. The Morgan fingerprint density at radius 1 is 1.14 bits per heavy atom. The molecular weight excluding hydrogens is 287 g/mol. The highest BCUT2D eigenvalue weighted by Crippen LogP contribution is 2.37. The van der Waals surface area contributed by atoms with E-state index in [9.17, 15) is 22.8 Å². The van der Waals surface area contributed by atoms with Gasteiger partial charge in [-0.25, -0.2) is 13.2 Å². The van der Waals surface area contributed by atoms with Gasteiger partial charge in [0.05, 0.1) is 11.8 Å². The SMILES string of the molecule is CC1CC(C(=O)O)C(C(=O)Nc2c(F)cc(F)cc2F)C1. The first-order valence-corrected chi connectivity index (χ1v) is 6.47. The molecular formula is C14H14F3NO3. The summed E-state index contributed by atoms with van der Waals surface area (Å²) in [5.41, 5.74) is -0.759. The van der Waals surface area contributed by atoms with Gasteiger partial charge in [0.1, 0.15) is 11.5 Å². The molecule has 1 aliphatic carbocycles. The van der Waals surface area contributed by atoms with Crippen LogP contribution in [0, 0.1) is 35.2 Å². The van der Waals surface area contributed by atoms with Crippen molar-refractivity contribution in [1.82, 2.24) is 0 Å². The Bertz CT molecular complexity index is 568. The number of hydrogen-bond donors (Lipinski definition) is 2. The van der Waals surface area contributed by atoms with E-state index in [1.54, 1.807) is 0 Å². The topological polar surface area (TPSA) is 66.4 Å². The maximum atomic E-state index is 13.5. The van der Waals surface area contributed by atoms with Crippen LogP contribution < -0.4 is 5.32 Å². The summed E-state index contributed by atoms with van der Waals surface area (Å²) in [6.07, 6.45) is 0.662. The lowest BCUT2D eigenvalue weighted by Crippen LogP contribution is -2.30. The molecule has 0 heterocycles. The Morgan fingerprint density at radius 3 is 2.19 bits per heavy atom. The van der Waals surface area contributed by atoms with Crippen LogP contribution in [0.5, 0.6) is 0 Å². The number of anilines is 1. The van der Waals surface area contributed by atoms with E-state index in [-0.39, 0.29) is 5.92 Å². The molecule has 0 spiro atoms. The Morgan fingerprint density at radius 2 is 1.67 bits per heavy atom. The molecule has 3 atom stereocenters. The molecule has 1 aromatic carbocycles. The Kier molecular flexibility index (Phi) is 4.20. The van der Waals surface area contributed by atoms with E-state index >= 15 is 0 Å². The Labute approximate surface area is 119 Å². The molecule has 1 fully saturated rings. The molecule has 21 heavy (non-hydrogen) atoms. The van der Waals surface area contributed by atoms with E-state index in [2.05, 4.69) is 0 Å². The van der Waals surface area contributed by atoms with Crippen molar-refractivity contribution in [3.8, 4) is 0 Å². The van der Waals surface area contributed by atoms with Crippen LogP contribution in [-0.2, 0) is 9.59 Å². The summed E-state index contributed by atoms with van der Waals surface area (Å²) < 4.78 is 39.8. The van der Waals surface area contributed by atoms with Crippen LogP contribution in [0.4, 0.5) is 18.9 Å². The van der Waals surface area contributed by atoms with Crippen LogP contribution in [0.15, 0.2) is 12.1 Å². The van der Waals surface area contributed by atoms with Gasteiger partial charge in [0.2, 0.25) is 5.91 Å². The van der Waals surface area contributed by atoms with Crippen LogP contribution in [0.25, 0.3) is 0 Å². The molecule has 7 heteroatoms. The molecule has 2 N–H and O–H groups in total. The molecule has 3 unspecified atom stereocenters. The second-order valence-electron chi connectivity index (χ2n) is 5.36. The monoisotopic (exact) mass is 301 g/mol. The van der Waals surface area contributed by atoms with Gasteiger partial charge in [0.15, 0.2) is 11.6 Å². The van der Waals surface area contributed by atoms with Gasteiger partial charge in [-0.1, -0.05) is 6.92 Å². The van der Waals surface area contributed by atoms with Crippen molar-refractivity contribution >= 4 is 17.6 Å². The summed E-state index contributed by atoms with van der Waals surface area (Å²) in [5, 5.41) is 11.1. The highest BCUT2D eigenvalue weighted by atomic mass is 19.1. The third kappa shape index (κ3) is 3.17. The van der Waals surface area contributed by atoms with Gasteiger partial charge < -0.3 is 10.4 Å². The molecule has 0 aromatic heterocycles. The van der Waals surface area contributed by atoms with Crippen LogP contribution in [0.2, 0.25) is 0 Å². The van der Waals surface area contributed by atoms with E-state index in [1.807, 2.05) is 12.2 Å². The fraction of sp³-hybridized carbons (Fsp3) is 0.429. The van der Waals surface area contributed by atoms with Gasteiger partial charge in [0.25, 0.3) is 0 Å². The fourth-order valence-corrected chi connectivity index (χ4v) is 2.73. The van der Waals surface area contributed by atoms with Crippen LogP contribution >= 0.6 is 0 Å². The number of rotatable bonds is 3. The van der Waals surface area contributed by atoms with Crippen molar-refractivity contribution in [3.63, 3.8) is 0 Å². The third-order valence-electron chi connectivity index (χ3n) is 3.71. The third-order valence-corrected chi connectivity index (χ3v) is 3.71. The zero-order valence-electron chi connectivity index (χ0n) is 11.2. The van der Waals surface area contributed by atoms with Gasteiger partial charge in [0, 0.05) is 12.1 Å². The quantitative estimate of drug-likeness (QED) is 0.902. The molecule has 1 saturated carbocycles. The first kappa shape index (κ1) is 15.3. The standard InChI is InChI=1S/C14H14F3NO3/c1-6-2-8(9(3-6)14(20)21)13(19)18-12-10(16)4-7(15)5-11(12)17/h4-6,8-9H,2-3H2,1H3,(H,18,19)(H,20,21). The smallest absolute Gasteiger partial charge is 0.307 e. The molecule has 1 aromatic rings. The maximum absolute atomic E-state index is 13.5. The number of carbonyl (C=O) groups is 2. The van der Waals surface area contributed by atoms with Gasteiger partial charge in [-0.05, 0) is 18.8 Å². The zero-order valence-corrected chi connectivity index (χ0v) is 11.2. The average molecular weight is 301 g/mol. The first-order valence-electron chi connectivity index (χ1n) is 6.47. The van der Waals surface area contributed by atoms with Crippen molar-refractivity contribution in [2.75, 3.05) is 5.32 Å². The summed E-state index contributed by atoms with van der Waals surface area (Å²) in [4.78, 5) is 23.2. The minimum Gasteiger partial charge on any atom is -0.481 e. The number of aliphatic carboxylic acids is 1. The van der Waals surface area contributed by atoms with Crippen molar-refractivity contribution in [1.29, 1.82) is 0 Å². The maximum Gasteiger partial charge on any atom is 0.307 e. The fourth-order valence-electron chi connectivity index (χ4n) is 2.73. The summed E-state index contributed by atoms with van der Waals surface area (Å²) in [7, 11) is 0. The van der Waals surface area contributed by atoms with Crippen molar-refractivity contribution in [2.45, 2.75) is 19.8 Å². The zero-order chi connectivity index (χ0) is 15.7. The van der Waals surface area contributed by atoms with Gasteiger partial charge in [-0.2, -0.15) is 0 Å². The van der Waals surface area contributed by atoms with Crippen LogP contribution in [0.3, 0.4) is 0 Å². The van der Waals surface area contributed by atoms with E-state index in [0.29, 0.717) is 25.0 Å². The number of benzene rings is 1. The van der Waals surface area contributed by atoms with E-state index in [4.69, 9.17) is 5.11 Å². The van der Waals surface area contributed by atoms with Crippen LogP contribution in [-0.4, -0.2) is 17.0 Å². The number of carboxylic acid groups (broad SMARTS) is 1. The summed E-state index contributed by atoms with van der Waals surface area (Å²) in [5.74, 6) is -7.16. The average Bonchev–Trinajstić information content (AvgIpc) is 2.76. The Hall–Kier alpha value is -2.05. The minimum absolute atomic E-state index is 0.0322. The lowest BCUT2D eigenvalue weighted by molar-refractivity contribution is -0.145. The molecule has 0 radical (unpaired) electrons. The molecule has 0 bridgehead atoms.